The summed E-state index contributed by atoms with van der Waals surface area (Å²) in [4.78, 5) is 14.6. The van der Waals surface area contributed by atoms with Gasteiger partial charge in [0.05, 0.1) is 0 Å². The van der Waals surface area contributed by atoms with E-state index in [1.54, 1.807) is 13.8 Å². The van der Waals surface area contributed by atoms with Crippen LogP contribution in [0.4, 0.5) is 5.69 Å². The van der Waals surface area contributed by atoms with Gasteiger partial charge < -0.3 is 14.7 Å². The van der Waals surface area contributed by atoms with E-state index in [1.165, 1.54) is 4.31 Å². The van der Waals surface area contributed by atoms with Gasteiger partial charge in [0.2, 0.25) is 15.9 Å². The Bertz CT molecular complexity index is 947. The summed E-state index contributed by atoms with van der Waals surface area (Å²) < 4.78 is 32.3. The maximum absolute atomic E-state index is 12.9. The Balaban J connectivity index is 1.38. The highest BCUT2D eigenvalue weighted by molar-refractivity contribution is 7.89. The largest absolute Gasteiger partial charge is 0.375 e. The zero-order valence-corrected chi connectivity index (χ0v) is 19.3. The SMILES string of the molecule is Cc1noc(C)c1S(=O)(=O)N1CCC(CC(=O)NCCCN(C)c2ccccc2)CC1. The number of rotatable bonds is 9. The van der Waals surface area contributed by atoms with E-state index >= 15 is 0 Å². The number of hydrogen-bond acceptors (Lipinski definition) is 6. The van der Waals surface area contributed by atoms with Gasteiger partial charge in [0.1, 0.15) is 10.6 Å². The predicted octanol–water partition coefficient (Wildman–Crippen LogP) is 2.72. The van der Waals surface area contributed by atoms with Crippen molar-refractivity contribution in [2.45, 2.75) is 44.4 Å². The van der Waals surface area contributed by atoms with Crippen molar-refractivity contribution >= 4 is 21.6 Å². The first-order valence-electron chi connectivity index (χ1n) is 10.7. The van der Waals surface area contributed by atoms with E-state index in [-0.39, 0.29) is 16.7 Å². The fourth-order valence-corrected chi connectivity index (χ4v) is 5.78. The molecule has 1 aliphatic rings. The van der Waals surface area contributed by atoms with Crippen molar-refractivity contribution in [2.75, 3.05) is 38.1 Å². The van der Waals surface area contributed by atoms with Crippen LogP contribution in [-0.2, 0) is 14.8 Å². The molecular weight excluding hydrogens is 416 g/mol. The van der Waals surface area contributed by atoms with Crippen LogP contribution in [0.3, 0.4) is 0 Å². The van der Waals surface area contributed by atoms with E-state index in [9.17, 15) is 13.2 Å². The maximum Gasteiger partial charge on any atom is 0.248 e. The summed E-state index contributed by atoms with van der Waals surface area (Å²) in [5.74, 6) is 0.550. The highest BCUT2D eigenvalue weighted by atomic mass is 32.2. The average Bonchev–Trinajstić information content (AvgIpc) is 3.11. The van der Waals surface area contributed by atoms with Crippen molar-refractivity contribution < 1.29 is 17.7 Å². The number of anilines is 1. The Hall–Kier alpha value is -2.39. The second-order valence-electron chi connectivity index (χ2n) is 8.17. The summed E-state index contributed by atoms with van der Waals surface area (Å²) in [7, 11) is -1.57. The second-order valence-corrected chi connectivity index (χ2v) is 10.0. The van der Waals surface area contributed by atoms with Crippen LogP contribution in [-0.4, -0.2) is 57.0 Å². The number of nitrogens with zero attached hydrogens (tertiary/aromatic N) is 3. The third-order valence-electron chi connectivity index (χ3n) is 5.80. The van der Waals surface area contributed by atoms with Crippen LogP contribution in [0.25, 0.3) is 0 Å². The lowest BCUT2D eigenvalue weighted by Gasteiger charge is -2.30. The topological polar surface area (TPSA) is 95.8 Å². The fraction of sp³-hybridized carbons (Fsp3) is 0.545. The van der Waals surface area contributed by atoms with Crippen molar-refractivity contribution in [1.82, 2.24) is 14.8 Å². The number of aryl methyl sites for hydroxylation is 2. The molecule has 0 unspecified atom stereocenters. The number of nitrogens with one attached hydrogen (secondary N) is 1. The molecule has 1 amide bonds. The molecule has 1 N–H and O–H groups in total. The van der Waals surface area contributed by atoms with E-state index < -0.39 is 10.0 Å². The molecule has 1 saturated heterocycles. The standard InChI is InChI=1S/C22H32N4O4S/c1-17-22(18(2)30-24-17)31(28,29)26-14-10-19(11-15-26)16-21(27)23-12-7-13-25(3)20-8-5-4-6-9-20/h4-6,8-9,19H,7,10-16H2,1-3H3,(H,23,27). The number of sulfonamides is 1. The highest BCUT2D eigenvalue weighted by Gasteiger charge is 2.34. The highest BCUT2D eigenvalue weighted by Crippen LogP contribution is 2.28. The minimum atomic E-state index is -3.61. The molecule has 0 aliphatic carbocycles. The zero-order valence-electron chi connectivity index (χ0n) is 18.5. The molecule has 1 aromatic carbocycles. The van der Waals surface area contributed by atoms with Crippen LogP contribution >= 0.6 is 0 Å². The number of hydrogen-bond donors (Lipinski definition) is 1. The molecule has 1 aliphatic heterocycles. The van der Waals surface area contributed by atoms with Crippen molar-refractivity contribution in [2.24, 2.45) is 5.92 Å². The van der Waals surface area contributed by atoms with Gasteiger partial charge in [-0.2, -0.15) is 4.31 Å². The van der Waals surface area contributed by atoms with Gasteiger partial charge in [-0.15, -0.1) is 0 Å². The Kier molecular flexibility index (Phi) is 7.72. The third-order valence-corrected chi connectivity index (χ3v) is 7.95. The van der Waals surface area contributed by atoms with Gasteiger partial charge in [-0.25, -0.2) is 8.42 Å². The monoisotopic (exact) mass is 448 g/mol. The number of carbonyl (C=O) groups excluding carboxylic acids is 1. The Labute approximate surface area is 184 Å². The minimum Gasteiger partial charge on any atom is -0.375 e. The third kappa shape index (κ3) is 5.86. The molecule has 31 heavy (non-hydrogen) atoms. The van der Waals surface area contributed by atoms with Crippen LogP contribution in [0.5, 0.6) is 0 Å². The van der Waals surface area contributed by atoms with Gasteiger partial charge in [-0.1, -0.05) is 23.4 Å². The van der Waals surface area contributed by atoms with Crippen LogP contribution in [0.15, 0.2) is 39.8 Å². The van der Waals surface area contributed by atoms with Crippen molar-refractivity contribution in [3.8, 4) is 0 Å². The molecule has 8 nitrogen and oxygen atoms in total. The summed E-state index contributed by atoms with van der Waals surface area (Å²) in [6.45, 7) is 5.57. The molecule has 0 atom stereocenters. The maximum atomic E-state index is 12.9. The molecule has 2 aromatic rings. The van der Waals surface area contributed by atoms with Gasteiger partial charge in [-0.3, -0.25) is 4.79 Å². The Morgan fingerprint density at radius 2 is 1.90 bits per heavy atom. The first-order chi connectivity index (χ1) is 14.8. The normalized spacial score (nSPS) is 15.7. The van der Waals surface area contributed by atoms with E-state index in [2.05, 4.69) is 27.5 Å². The summed E-state index contributed by atoms with van der Waals surface area (Å²) in [5, 5.41) is 6.76. The summed E-state index contributed by atoms with van der Waals surface area (Å²) in [6.07, 6.45) is 2.65. The first-order valence-corrected chi connectivity index (χ1v) is 12.2. The van der Waals surface area contributed by atoms with Crippen LogP contribution < -0.4 is 10.2 Å². The number of piperidine rings is 1. The quantitative estimate of drug-likeness (QED) is 0.593. The minimum absolute atomic E-state index is 0.0365. The van der Waals surface area contributed by atoms with E-state index in [4.69, 9.17) is 4.52 Å². The number of para-hydroxylation sites is 1. The van der Waals surface area contributed by atoms with Gasteiger partial charge in [0.15, 0.2) is 5.76 Å². The zero-order chi connectivity index (χ0) is 22.4. The van der Waals surface area contributed by atoms with E-state index in [1.807, 2.05) is 25.2 Å². The van der Waals surface area contributed by atoms with Gasteiger partial charge in [0.25, 0.3) is 0 Å². The molecule has 3 rings (SSSR count). The molecule has 1 fully saturated rings. The molecule has 170 valence electrons. The molecular formula is C22H32N4O4S. The number of amides is 1. The number of carbonyl (C=O) groups is 1. The smallest absolute Gasteiger partial charge is 0.248 e. The second kappa shape index (κ2) is 10.3. The molecule has 0 bridgehead atoms. The molecule has 1 aromatic heterocycles. The molecule has 0 spiro atoms. The summed E-state index contributed by atoms with van der Waals surface area (Å²) in [6, 6.07) is 10.2. The lowest BCUT2D eigenvalue weighted by Crippen LogP contribution is -2.40. The average molecular weight is 449 g/mol. The van der Waals surface area contributed by atoms with Crippen LogP contribution in [0.2, 0.25) is 0 Å². The Morgan fingerprint density at radius 3 is 2.52 bits per heavy atom. The molecule has 2 heterocycles. The van der Waals surface area contributed by atoms with Crippen molar-refractivity contribution in [1.29, 1.82) is 0 Å². The Morgan fingerprint density at radius 1 is 1.23 bits per heavy atom. The molecule has 0 radical (unpaired) electrons. The number of aromatic nitrogens is 1. The van der Waals surface area contributed by atoms with Crippen LogP contribution in [0.1, 0.15) is 37.1 Å². The predicted molar refractivity (Wildman–Crippen MR) is 119 cm³/mol. The summed E-state index contributed by atoms with van der Waals surface area (Å²) >= 11 is 0. The van der Waals surface area contributed by atoms with Crippen LogP contribution in [0, 0.1) is 19.8 Å². The summed E-state index contributed by atoms with van der Waals surface area (Å²) in [5.41, 5.74) is 1.55. The van der Waals surface area contributed by atoms with Crippen molar-refractivity contribution in [3.05, 3.63) is 41.8 Å². The number of benzene rings is 1. The van der Waals surface area contributed by atoms with Gasteiger partial charge >= 0.3 is 0 Å². The van der Waals surface area contributed by atoms with Gasteiger partial charge in [0, 0.05) is 45.3 Å². The first kappa shape index (κ1) is 23.3. The molecule has 9 heteroatoms. The fourth-order valence-electron chi connectivity index (χ4n) is 4.02. The van der Waals surface area contributed by atoms with E-state index in [0.29, 0.717) is 50.4 Å². The van der Waals surface area contributed by atoms with E-state index in [0.717, 1.165) is 18.7 Å². The van der Waals surface area contributed by atoms with Gasteiger partial charge in [-0.05, 0) is 51.2 Å². The lowest BCUT2D eigenvalue weighted by atomic mass is 9.94. The lowest BCUT2D eigenvalue weighted by molar-refractivity contribution is -0.122. The van der Waals surface area contributed by atoms with Crippen molar-refractivity contribution in [3.63, 3.8) is 0 Å². The molecule has 0 saturated carbocycles.